The highest BCUT2D eigenvalue weighted by Gasteiger charge is 2.20. The maximum atomic E-state index is 11.1. The minimum atomic E-state index is -1.54. The molecule has 0 amide bonds. The molecule has 0 fully saturated rings. The summed E-state index contributed by atoms with van der Waals surface area (Å²) in [5.41, 5.74) is 0. The van der Waals surface area contributed by atoms with E-state index in [-0.39, 0.29) is 12.1 Å². The molecule has 0 saturated carbocycles. The SMILES string of the molecule is C/C=C/C(=O)OCC(CC)O[Si](C)(C)C. The first-order chi connectivity index (χ1) is 6.89. The number of carbonyl (C=O) groups excluding carboxylic acids is 1. The fraction of sp³-hybridized carbons (Fsp3) is 0.727. The second-order valence-electron chi connectivity index (χ2n) is 4.39. The van der Waals surface area contributed by atoms with E-state index in [2.05, 4.69) is 19.6 Å². The van der Waals surface area contributed by atoms with Crippen LogP contribution in [0.3, 0.4) is 0 Å². The second kappa shape index (κ2) is 6.79. The third kappa shape index (κ3) is 8.39. The van der Waals surface area contributed by atoms with Crippen molar-refractivity contribution < 1.29 is 14.0 Å². The Hall–Kier alpha value is -0.613. The molecule has 0 aromatic rings. The smallest absolute Gasteiger partial charge is 0.330 e. The molecule has 0 aliphatic rings. The van der Waals surface area contributed by atoms with E-state index in [1.54, 1.807) is 13.0 Å². The van der Waals surface area contributed by atoms with Gasteiger partial charge in [0.1, 0.15) is 6.61 Å². The highest BCUT2D eigenvalue weighted by atomic mass is 28.4. The molecule has 88 valence electrons. The quantitative estimate of drug-likeness (QED) is 0.400. The Labute approximate surface area is 93.6 Å². The van der Waals surface area contributed by atoms with Gasteiger partial charge in [-0.2, -0.15) is 0 Å². The van der Waals surface area contributed by atoms with Crippen LogP contribution in [0.2, 0.25) is 19.6 Å². The molecule has 0 spiro atoms. The summed E-state index contributed by atoms with van der Waals surface area (Å²) < 4.78 is 10.9. The highest BCUT2D eigenvalue weighted by Crippen LogP contribution is 2.10. The van der Waals surface area contributed by atoms with Gasteiger partial charge >= 0.3 is 5.97 Å². The Morgan fingerprint density at radius 2 is 2.00 bits per heavy atom. The van der Waals surface area contributed by atoms with Crippen molar-refractivity contribution in [2.24, 2.45) is 0 Å². The third-order valence-electron chi connectivity index (χ3n) is 1.69. The summed E-state index contributed by atoms with van der Waals surface area (Å²) in [6, 6.07) is 0. The fourth-order valence-electron chi connectivity index (χ4n) is 1.09. The Morgan fingerprint density at radius 1 is 1.40 bits per heavy atom. The Bertz CT molecular complexity index is 218. The van der Waals surface area contributed by atoms with Crippen molar-refractivity contribution in [2.45, 2.75) is 46.0 Å². The van der Waals surface area contributed by atoms with Gasteiger partial charge < -0.3 is 9.16 Å². The lowest BCUT2D eigenvalue weighted by atomic mass is 10.3. The number of hydrogen-bond acceptors (Lipinski definition) is 3. The molecule has 0 bridgehead atoms. The van der Waals surface area contributed by atoms with Crippen LogP contribution in [0.1, 0.15) is 20.3 Å². The van der Waals surface area contributed by atoms with E-state index in [4.69, 9.17) is 9.16 Å². The van der Waals surface area contributed by atoms with Gasteiger partial charge in [-0.1, -0.05) is 13.0 Å². The summed E-state index contributed by atoms with van der Waals surface area (Å²) in [5.74, 6) is -0.296. The zero-order valence-corrected chi connectivity index (χ0v) is 11.4. The Kier molecular flexibility index (Phi) is 6.52. The fourth-order valence-corrected chi connectivity index (χ4v) is 2.33. The van der Waals surface area contributed by atoms with E-state index in [9.17, 15) is 4.79 Å². The summed E-state index contributed by atoms with van der Waals surface area (Å²) in [6.45, 7) is 10.6. The molecule has 0 aromatic carbocycles. The standard InChI is InChI=1S/C11H22O3Si/c1-6-8-11(12)13-9-10(7-2)14-15(3,4)5/h6,8,10H,7,9H2,1-5H3/b8-6+. The van der Waals surface area contributed by atoms with Crippen LogP contribution in [0.15, 0.2) is 12.2 Å². The largest absolute Gasteiger partial charge is 0.460 e. The van der Waals surface area contributed by atoms with Gasteiger partial charge in [0.15, 0.2) is 8.32 Å². The molecule has 0 N–H and O–H groups in total. The second-order valence-corrected chi connectivity index (χ2v) is 8.85. The van der Waals surface area contributed by atoms with Crippen LogP contribution in [-0.4, -0.2) is 27.0 Å². The normalized spacial score (nSPS) is 14.2. The number of ether oxygens (including phenoxy) is 1. The molecule has 3 nitrogen and oxygen atoms in total. The summed E-state index contributed by atoms with van der Waals surface area (Å²) >= 11 is 0. The van der Waals surface area contributed by atoms with Crippen LogP contribution in [-0.2, 0) is 14.0 Å². The molecule has 0 radical (unpaired) electrons. The van der Waals surface area contributed by atoms with Gasteiger partial charge in [0.25, 0.3) is 0 Å². The number of carbonyl (C=O) groups is 1. The molecule has 0 aliphatic heterocycles. The zero-order chi connectivity index (χ0) is 11.9. The van der Waals surface area contributed by atoms with Gasteiger partial charge in [0.05, 0.1) is 6.10 Å². The van der Waals surface area contributed by atoms with Gasteiger partial charge in [-0.05, 0) is 33.0 Å². The molecule has 15 heavy (non-hydrogen) atoms. The molecule has 0 heterocycles. The number of rotatable bonds is 6. The lowest BCUT2D eigenvalue weighted by Crippen LogP contribution is -2.34. The van der Waals surface area contributed by atoms with Crippen molar-refractivity contribution in [3.63, 3.8) is 0 Å². The van der Waals surface area contributed by atoms with Crippen LogP contribution in [0.25, 0.3) is 0 Å². The van der Waals surface area contributed by atoms with E-state index in [0.717, 1.165) is 6.42 Å². The molecule has 0 aromatic heterocycles. The van der Waals surface area contributed by atoms with Crippen molar-refractivity contribution in [2.75, 3.05) is 6.61 Å². The predicted molar refractivity (Wildman–Crippen MR) is 64.3 cm³/mol. The van der Waals surface area contributed by atoms with Gasteiger partial charge in [-0.15, -0.1) is 0 Å². The average Bonchev–Trinajstić information content (AvgIpc) is 2.11. The predicted octanol–water partition coefficient (Wildman–Crippen LogP) is 2.74. The molecular weight excluding hydrogens is 208 g/mol. The van der Waals surface area contributed by atoms with Crippen LogP contribution in [0, 0.1) is 0 Å². The maximum Gasteiger partial charge on any atom is 0.330 e. The summed E-state index contributed by atoms with van der Waals surface area (Å²) in [7, 11) is -1.54. The minimum Gasteiger partial charge on any atom is -0.460 e. The highest BCUT2D eigenvalue weighted by molar-refractivity contribution is 6.69. The van der Waals surface area contributed by atoms with Crippen molar-refractivity contribution in [1.82, 2.24) is 0 Å². The molecule has 0 saturated heterocycles. The Morgan fingerprint density at radius 3 is 2.40 bits per heavy atom. The first-order valence-corrected chi connectivity index (χ1v) is 8.77. The summed E-state index contributed by atoms with van der Waals surface area (Å²) in [5, 5.41) is 0. The van der Waals surface area contributed by atoms with Crippen LogP contribution >= 0.6 is 0 Å². The maximum absolute atomic E-state index is 11.1. The van der Waals surface area contributed by atoms with Gasteiger partial charge in [0, 0.05) is 6.08 Å². The van der Waals surface area contributed by atoms with Crippen molar-refractivity contribution in [3.05, 3.63) is 12.2 Å². The first kappa shape index (κ1) is 14.4. The van der Waals surface area contributed by atoms with E-state index in [0.29, 0.717) is 6.61 Å². The molecule has 1 unspecified atom stereocenters. The van der Waals surface area contributed by atoms with Crippen LogP contribution < -0.4 is 0 Å². The van der Waals surface area contributed by atoms with E-state index in [1.165, 1.54) is 6.08 Å². The van der Waals surface area contributed by atoms with Crippen molar-refractivity contribution >= 4 is 14.3 Å². The number of hydrogen-bond donors (Lipinski definition) is 0. The minimum absolute atomic E-state index is 0.0332. The summed E-state index contributed by atoms with van der Waals surface area (Å²) in [6.07, 6.45) is 3.99. The van der Waals surface area contributed by atoms with E-state index >= 15 is 0 Å². The third-order valence-corrected chi connectivity index (χ3v) is 2.73. The molecule has 0 rings (SSSR count). The van der Waals surface area contributed by atoms with E-state index in [1.807, 2.05) is 6.92 Å². The lowest BCUT2D eigenvalue weighted by molar-refractivity contribution is -0.140. The zero-order valence-electron chi connectivity index (χ0n) is 10.4. The van der Waals surface area contributed by atoms with Gasteiger partial charge in [-0.25, -0.2) is 4.79 Å². The monoisotopic (exact) mass is 230 g/mol. The number of esters is 1. The lowest BCUT2D eigenvalue weighted by Gasteiger charge is -2.24. The van der Waals surface area contributed by atoms with Crippen LogP contribution in [0.4, 0.5) is 0 Å². The van der Waals surface area contributed by atoms with Crippen LogP contribution in [0.5, 0.6) is 0 Å². The molecule has 0 aliphatic carbocycles. The average molecular weight is 230 g/mol. The molecular formula is C11H22O3Si. The van der Waals surface area contributed by atoms with Crippen molar-refractivity contribution in [1.29, 1.82) is 0 Å². The summed E-state index contributed by atoms with van der Waals surface area (Å²) in [4.78, 5) is 11.1. The Balaban J connectivity index is 3.96. The molecule has 4 heteroatoms. The topological polar surface area (TPSA) is 35.5 Å². The first-order valence-electron chi connectivity index (χ1n) is 5.36. The molecule has 1 atom stereocenters. The van der Waals surface area contributed by atoms with E-state index < -0.39 is 8.32 Å². The van der Waals surface area contributed by atoms with Crippen molar-refractivity contribution in [3.8, 4) is 0 Å². The van der Waals surface area contributed by atoms with Gasteiger partial charge in [0.2, 0.25) is 0 Å². The number of allylic oxidation sites excluding steroid dienone is 1. The van der Waals surface area contributed by atoms with Gasteiger partial charge in [-0.3, -0.25) is 0 Å².